The van der Waals surface area contributed by atoms with Crippen molar-refractivity contribution in [3.63, 3.8) is 0 Å². The van der Waals surface area contributed by atoms with Gasteiger partial charge in [-0.15, -0.1) is 0 Å². The van der Waals surface area contributed by atoms with Gasteiger partial charge < -0.3 is 15.4 Å². The highest BCUT2D eigenvalue weighted by Gasteiger charge is 2.20. The van der Waals surface area contributed by atoms with Gasteiger partial charge in [0.2, 0.25) is 11.8 Å². The van der Waals surface area contributed by atoms with E-state index in [0.29, 0.717) is 28.7 Å². The zero-order valence-electron chi connectivity index (χ0n) is 10.7. The summed E-state index contributed by atoms with van der Waals surface area (Å²) in [5.41, 5.74) is 0. The average molecular weight is 271 g/mol. The van der Waals surface area contributed by atoms with Crippen LogP contribution in [0.3, 0.4) is 0 Å². The molecule has 1 saturated heterocycles. The first-order chi connectivity index (χ1) is 8.70. The molecule has 2 N–H and O–H groups in total. The molecule has 0 bridgehead atoms. The molecule has 0 saturated carbocycles. The summed E-state index contributed by atoms with van der Waals surface area (Å²) in [6.45, 7) is 5.31. The van der Waals surface area contributed by atoms with Crippen LogP contribution in [0.4, 0.5) is 5.95 Å². The highest BCUT2D eigenvalue weighted by atomic mass is 35.5. The van der Waals surface area contributed by atoms with Crippen molar-refractivity contribution in [3.05, 3.63) is 11.2 Å². The molecule has 1 aliphatic rings. The highest BCUT2D eigenvalue weighted by molar-refractivity contribution is 6.31. The maximum atomic E-state index is 5.88. The van der Waals surface area contributed by atoms with Crippen LogP contribution >= 0.6 is 11.6 Å². The van der Waals surface area contributed by atoms with Gasteiger partial charge in [0.1, 0.15) is 5.02 Å². The largest absolute Gasteiger partial charge is 0.480 e. The van der Waals surface area contributed by atoms with Gasteiger partial charge in [-0.05, 0) is 31.3 Å². The Morgan fingerprint density at radius 3 is 3.17 bits per heavy atom. The minimum atomic E-state index is 0.410. The van der Waals surface area contributed by atoms with Crippen LogP contribution in [0.2, 0.25) is 5.02 Å². The number of ether oxygens (including phenoxy) is 1. The summed E-state index contributed by atoms with van der Waals surface area (Å²) in [6, 6.07) is 0. The van der Waals surface area contributed by atoms with Crippen molar-refractivity contribution in [2.45, 2.75) is 13.3 Å². The van der Waals surface area contributed by atoms with Gasteiger partial charge in [0.15, 0.2) is 0 Å². The van der Waals surface area contributed by atoms with Crippen LogP contribution in [-0.2, 0) is 0 Å². The van der Waals surface area contributed by atoms with Crippen molar-refractivity contribution in [3.8, 4) is 5.88 Å². The number of nitrogens with zero attached hydrogens (tertiary/aromatic N) is 2. The van der Waals surface area contributed by atoms with Crippen molar-refractivity contribution >= 4 is 17.5 Å². The van der Waals surface area contributed by atoms with Crippen LogP contribution < -0.4 is 15.4 Å². The molecule has 6 heteroatoms. The summed E-state index contributed by atoms with van der Waals surface area (Å²) < 4.78 is 5.07. The number of piperidine rings is 1. The van der Waals surface area contributed by atoms with E-state index in [9.17, 15) is 0 Å². The summed E-state index contributed by atoms with van der Waals surface area (Å²) in [5, 5.41) is 7.08. The Morgan fingerprint density at radius 2 is 2.44 bits per heavy atom. The van der Waals surface area contributed by atoms with Gasteiger partial charge in [0.05, 0.1) is 13.3 Å². The molecule has 2 unspecified atom stereocenters. The summed E-state index contributed by atoms with van der Waals surface area (Å²) in [6.07, 6.45) is 2.74. The van der Waals surface area contributed by atoms with Crippen LogP contribution in [0.15, 0.2) is 6.20 Å². The Kier molecular flexibility index (Phi) is 4.60. The van der Waals surface area contributed by atoms with Gasteiger partial charge in [-0.3, -0.25) is 0 Å². The minimum absolute atomic E-state index is 0.410. The maximum absolute atomic E-state index is 5.88. The zero-order valence-corrected chi connectivity index (χ0v) is 11.5. The number of hydrogen-bond acceptors (Lipinski definition) is 5. The van der Waals surface area contributed by atoms with Gasteiger partial charge in [0, 0.05) is 6.54 Å². The summed E-state index contributed by atoms with van der Waals surface area (Å²) in [5.74, 6) is 2.30. The number of halogens is 1. The summed E-state index contributed by atoms with van der Waals surface area (Å²) in [7, 11) is 1.55. The minimum Gasteiger partial charge on any atom is -0.480 e. The van der Waals surface area contributed by atoms with Gasteiger partial charge >= 0.3 is 0 Å². The second-order valence-corrected chi connectivity index (χ2v) is 5.07. The molecular formula is C12H19ClN4O. The van der Waals surface area contributed by atoms with E-state index in [1.54, 1.807) is 13.3 Å². The molecule has 2 rings (SSSR count). The van der Waals surface area contributed by atoms with Crippen molar-refractivity contribution in [1.29, 1.82) is 0 Å². The molecular weight excluding hydrogens is 252 g/mol. The molecule has 1 aromatic heterocycles. The van der Waals surface area contributed by atoms with E-state index in [0.717, 1.165) is 19.6 Å². The monoisotopic (exact) mass is 270 g/mol. The van der Waals surface area contributed by atoms with Crippen LogP contribution in [-0.4, -0.2) is 36.7 Å². The molecule has 5 nitrogen and oxygen atoms in total. The average Bonchev–Trinajstić information content (AvgIpc) is 2.39. The van der Waals surface area contributed by atoms with Crippen LogP contribution in [0, 0.1) is 11.8 Å². The zero-order chi connectivity index (χ0) is 13.0. The Bertz CT molecular complexity index is 402. The summed E-state index contributed by atoms with van der Waals surface area (Å²) in [4.78, 5) is 8.35. The van der Waals surface area contributed by atoms with Gasteiger partial charge in [-0.1, -0.05) is 18.5 Å². The third-order valence-corrected chi connectivity index (χ3v) is 3.65. The van der Waals surface area contributed by atoms with Crippen molar-refractivity contribution in [2.24, 2.45) is 11.8 Å². The Balaban J connectivity index is 1.93. The van der Waals surface area contributed by atoms with Gasteiger partial charge in [-0.25, -0.2) is 4.98 Å². The molecule has 0 aliphatic carbocycles. The van der Waals surface area contributed by atoms with E-state index in [-0.39, 0.29) is 0 Å². The number of anilines is 1. The number of hydrogen-bond donors (Lipinski definition) is 2. The molecule has 100 valence electrons. The third-order valence-electron chi connectivity index (χ3n) is 3.39. The van der Waals surface area contributed by atoms with E-state index in [1.807, 2.05) is 0 Å². The fourth-order valence-corrected chi connectivity index (χ4v) is 2.34. The van der Waals surface area contributed by atoms with Gasteiger partial charge in [0.25, 0.3) is 0 Å². The second-order valence-electron chi connectivity index (χ2n) is 4.66. The van der Waals surface area contributed by atoms with E-state index in [1.165, 1.54) is 6.42 Å². The lowest BCUT2D eigenvalue weighted by molar-refractivity contribution is 0.286. The Morgan fingerprint density at radius 1 is 1.61 bits per heavy atom. The molecule has 0 amide bonds. The van der Waals surface area contributed by atoms with E-state index >= 15 is 0 Å². The molecule has 1 aromatic rings. The number of nitrogens with one attached hydrogen (secondary N) is 2. The molecule has 18 heavy (non-hydrogen) atoms. The number of rotatable bonds is 4. The summed E-state index contributed by atoms with van der Waals surface area (Å²) >= 11 is 5.88. The first kappa shape index (κ1) is 13.4. The van der Waals surface area contributed by atoms with E-state index < -0.39 is 0 Å². The lowest BCUT2D eigenvalue weighted by Crippen LogP contribution is -2.38. The quantitative estimate of drug-likeness (QED) is 0.874. The molecule has 0 aromatic carbocycles. The molecule has 1 aliphatic heterocycles. The predicted octanol–water partition coefficient (Wildman–Crippen LogP) is 1.80. The standard InChI is InChI=1S/C12H19ClN4O/c1-8-5-14-4-3-9(8)6-15-12-16-7-10(13)11(17-12)18-2/h7-9,14H,3-6H2,1-2H3,(H,15,16,17). The fraction of sp³-hybridized carbons (Fsp3) is 0.667. The van der Waals surface area contributed by atoms with E-state index in [4.69, 9.17) is 16.3 Å². The molecule has 1 fully saturated rings. The first-order valence-corrected chi connectivity index (χ1v) is 6.59. The fourth-order valence-electron chi connectivity index (χ4n) is 2.17. The van der Waals surface area contributed by atoms with Gasteiger partial charge in [-0.2, -0.15) is 4.98 Å². The second kappa shape index (κ2) is 6.20. The molecule has 2 atom stereocenters. The highest BCUT2D eigenvalue weighted by Crippen LogP contribution is 2.22. The van der Waals surface area contributed by atoms with Crippen LogP contribution in [0.5, 0.6) is 5.88 Å². The third kappa shape index (κ3) is 3.23. The molecule has 0 radical (unpaired) electrons. The van der Waals surface area contributed by atoms with Crippen molar-refractivity contribution in [1.82, 2.24) is 15.3 Å². The maximum Gasteiger partial charge on any atom is 0.237 e. The van der Waals surface area contributed by atoms with Crippen molar-refractivity contribution in [2.75, 3.05) is 32.1 Å². The lowest BCUT2D eigenvalue weighted by atomic mass is 9.88. The predicted molar refractivity (Wildman–Crippen MR) is 72.2 cm³/mol. The number of methoxy groups -OCH3 is 1. The first-order valence-electron chi connectivity index (χ1n) is 6.22. The van der Waals surface area contributed by atoms with Crippen LogP contribution in [0.1, 0.15) is 13.3 Å². The Hall–Kier alpha value is -1.07. The SMILES string of the molecule is COc1nc(NCC2CCNCC2C)ncc1Cl. The number of aromatic nitrogens is 2. The Labute approximate surface area is 112 Å². The lowest BCUT2D eigenvalue weighted by Gasteiger charge is -2.29. The van der Waals surface area contributed by atoms with E-state index in [2.05, 4.69) is 27.5 Å². The smallest absolute Gasteiger partial charge is 0.237 e. The topological polar surface area (TPSA) is 59.1 Å². The normalized spacial score (nSPS) is 23.7. The van der Waals surface area contributed by atoms with Crippen LogP contribution in [0.25, 0.3) is 0 Å². The van der Waals surface area contributed by atoms with Crippen molar-refractivity contribution < 1.29 is 4.74 Å². The molecule has 0 spiro atoms. The molecule has 2 heterocycles.